The van der Waals surface area contributed by atoms with Crippen molar-refractivity contribution in [2.75, 3.05) is 0 Å². The average Bonchev–Trinajstić information content (AvgIpc) is 2.87. The number of hydrogen-bond donors (Lipinski definition) is 0. The number of hydrogen-bond acceptors (Lipinski definition) is 3. The molecule has 0 bridgehead atoms. The maximum Gasteiger partial charge on any atom is 0.269 e. The van der Waals surface area contributed by atoms with E-state index in [1.165, 1.54) is 24.3 Å². The minimum Gasteiger partial charge on any atom is -0.274 e. The van der Waals surface area contributed by atoms with Gasteiger partial charge >= 0.3 is 0 Å². The van der Waals surface area contributed by atoms with E-state index in [0.29, 0.717) is 15.9 Å². The molecule has 22 heavy (non-hydrogen) atoms. The molecule has 0 aliphatic rings. The van der Waals surface area contributed by atoms with Gasteiger partial charge in [-0.2, -0.15) is 0 Å². The Bertz CT molecular complexity index is 979. The molecule has 4 nitrogen and oxygen atoms in total. The van der Waals surface area contributed by atoms with E-state index in [1.54, 1.807) is 30.3 Å². The summed E-state index contributed by atoms with van der Waals surface area (Å²) in [6, 6.07) is 14.0. The lowest BCUT2D eigenvalue weighted by atomic mass is 10.2. The van der Waals surface area contributed by atoms with Crippen molar-refractivity contribution in [3.63, 3.8) is 0 Å². The lowest BCUT2D eigenvalue weighted by Crippen LogP contribution is -2.16. The SMILES string of the molecule is O=C(Cl)c1cc2ccc(Cl)cc2n1S(=O)(=O)c1ccccc1. The fraction of sp³-hybridized carbons (Fsp3) is 0. The van der Waals surface area contributed by atoms with Gasteiger partial charge in [-0.15, -0.1) is 0 Å². The number of nitrogens with zero attached hydrogens (tertiary/aromatic N) is 1. The van der Waals surface area contributed by atoms with Crippen molar-refractivity contribution >= 4 is 49.4 Å². The van der Waals surface area contributed by atoms with Crippen molar-refractivity contribution in [1.82, 2.24) is 3.97 Å². The molecule has 0 atom stereocenters. The number of aromatic nitrogens is 1. The van der Waals surface area contributed by atoms with Crippen LogP contribution in [0.3, 0.4) is 0 Å². The van der Waals surface area contributed by atoms with Gasteiger partial charge in [-0.05, 0) is 41.9 Å². The van der Waals surface area contributed by atoms with E-state index in [2.05, 4.69) is 0 Å². The van der Waals surface area contributed by atoms with Crippen molar-refractivity contribution in [2.45, 2.75) is 4.90 Å². The van der Waals surface area contributed by atoms with Crippen LogP contribution < -0.4 is 0 Å². The molecule has 0 amide bonds. The van der Waals surface area contributed by atoms with Gasteiger partial charge in [-0.25, -0.2) is 12.4 Å². The summed E-state index contributed by atoms with van der Waals surface area (Å²) in [7, 11) is -3.96. The molecular weight excluding hydrogens is 345 g/mol. The molecular formula is C15H9Cl2NO3S. The highest BCUT2D eigenvalue weighted by molar-refractivity contribution is 7.90. The Kier molecular flexibility index (Phi) is 3.72. The van der Waals surface area contributed by atoms with Gasteiger partial charge in [-0.3, -0.25) is 4.79 Å². The van der Waals surface area contributed by atoms with Crippen molar-refractivity contribution in [1.29, 1.82) is 0 Å². The van der Waals surface area contributed by atoms with Crippen LogP contribution in [-0.4, -0.2) is 17.6 Å². The summed E-state index contributed by atoms with van der Waals surface area (Å²) in [5.41, 5.74) is 0.183. The van der Waals surface area contributed by atoms with Crippen LogP contribution in [-0.2, 0) is 10.0 Å². The number of rotatable bonds is 3. The highest BCUT2D eigenvalue weighted by atomic mass is 35.5. The summed E-state index contributed by atoms with van der Waals surface area (Å²) >= 11 is 11.5. The third kappa shape index (κ3) is 2.41. The third-order valence-corrected chi connectivity index (χ3v) is 5.38. The smallest absolute Gasteiger partial charge is 0.269 e. The first-order chi connectivity index (χ1) is 10.4. The molecule has 0 spiro atoms. The molecule has 0 radical (unpaired) electrons. The summed E-state index contributed by atoms with van der Waals surface area (Å²) in [6.07, 6.45) is 0. The summed E-state index contributed by atoms with van der Waals surface area (Å²) in [5.74, 6) is 0. The molecule has 2 aromatic carbocycles. The Labute approximate surface area is 136 Å². The van der Waals surface area contributed by atoms with E-state index in [0.717, 1.165) is 3.97 Å². The van der Waals surface area contributed by atoms with E-state index in [1.807, 2.05) is 0 Å². The van der Waals surface area contributed by atoms with Crippen LogP contribution in [0.2, 0.25) is 5.02 Å². The van der Waals surface area contributed by atoms with Crippen molar-refractivity contribution < 1.29 is 13.2 Å². The lowest BCUT2D eigenvalue weighted by Gasteiger charge is -2.10. The maximum absolute atomic E-state index is 12.9. The largest absolute Gasteiger partial charge is 0.274 e. The number of carbonyl (C=O) groups excluding carboxylic acids is 1. The van der Waals surface area contributed by atoms with Gasteiger partial charge < -0.3 is 0 Å². The fourth-order valence-electron chi connectivity index (χ4n) is 2.24. The standard InChI is InChI=1S/C15H9Cl2NO3S/c16-11-7-6-10-8-14(15(17)19)18(13(10)9-11)22(20,21)12-4-2-1-3-5-12/h1-9H. The topological polar surface area (TPSA) is 56.1 Å². The summed E-state index contributed by atoms with van der Waals surface area (Å²) < 4.78 is 26.6. The quantitative estimate of drug-likeness (QED) is 0.670. The molecule has 1 aromatic heterocycles. The summed E-state index contributed by atoms with van der Waals surface area (Å²) in [6.45, 7) is 0. The van der Waals surface area contributed by atoms with Crippen LogP contribution in [0.15, 0.2) is 59.5 Å². The van der Waals surface area contributed by atoms with Crippen molar-refractivity contribution in [3.8, 4) is 0 Å². The van der Waals surface area contributed by atoms with E-state index >= 15 is 0 Å². The number of carbonyl (C=O) groups is 1. The maximum atomic E-state index is 12.9. The monoisotopic (exact) mass is 353 g/mol. The lowest BCUT2D eigenvalue weighted by molar-refractivity contribution is 0.107. The van der Waals surface area contributed by atoms with E-state index in [9.17, 15) is 13.2 Å². The van der Waals surface area contributed by atoms with Gasteiger partial charge in [0.25, 0.3) is 15.3 Å². The zero-order chi connectivity index (χ0) is 15.9. The predicted octanol–water partition coefficient (Wildman–Crippen LogP) is 3.91. The molecule has 112 valence electrons. The summed E-state index contributed by atoms with van der Waals surface area (Å²) in [4.78, 5) is 11.7. The zero-order valence-corrected chi connectivity index (χ0v) is 13.4. The van der Waals surface area contributed by atoms with Crippen LogP contribution in [0.1, 0.15) is 10.5 Å². The predicted molar refractivity (Wildman–Crippen MR) is 86.2 cm³/mol. The molecule has 3 aromatic rings. The van der Waals surface area contributed by atoms with Crippen LogP contribution in [0, 0.1) is 0 Å². The van der Waals surface area contributed by atoms with Crippen LogP contribution in [0.5, 0.6) is 0 Å². The Balaban J connectivity index is 2.41. The van der Waals surface area contributed by atoms with E-state index < -0.39 is 15.3 Å². The minimum absolute atomic E-state index is 0.0617. The number of halogens is 2. The van der Waals surface area contributed by atoms with Crippen LogP contribution in [0.25, 0.3) is 10.9 Å². The van der Waals surface area contributed by atoms with Crippen LogP contribution >= 0.6 is 23.2 Å². The van der Waals surface area contributed by atoms with E-state index in [-0.39, 0.29) is 10.6 Å². The molecule has 0 fully saturated rings. The highest BCUT2D eigenvalue weighted by Gasteiger charge is 2.25. The molecule has 1 heterocycles. The fourth-order valence-corrected chi connectivity index (χ4v) is 4.12. The summed E-state index contributed by atoms with van der Waals surface area (Å²) in [5, 5.41) is 0.0726. The average molecular weight is 354 g/mol. The van der Waals surface area contributed by atoms with E-state index in [4.69, 9.17) is 23.2 Å². The molecule has 0 saturated carbocycles. The molecule has 0 aliphatic carbocycles. The van der Waals surface area contributed by atoms with Crippen molar-refractivity contribution in [2.24, 2.45) is 0 Å². The Hall–Kier alpha value is -1.82. The second-order valence-corrected chi connectivity index (χ2v) is 7.16. The number of fused-ring (bicyclic) bond motifs is 1. The van der Waals surface area contributed by atoms with Crippen molar-refractivity contribution in [3.05, 3.63) is 65.3 Å². The van der Waals surface area contributed by atoms with Gasteiger partial charge in [-0.1, -0.05) is 35.9 Å². The highest BCUT2D eigenvalue weighted by Crippen LogP contribution is 2.28. The molecule has 0 saturated heterocycles. The molecule has 0 N–H and O–H groups in total. The van der Waals surface area contributed by atoms with Gasteiger partial charge in [0.05, 0.1) is 10.4 Å². The second-order valence-electron chi connectivity index (χ2n) is 4.59. The van der Waals surface area contributed by atoms with Gasteiger partial charge in [0, 0.05) is 10.4 Å². The van der Waals surface area contributed by atoms with Gasteiger partial charge in [0.2, 0.25) is 0 Å². The Morgan fingerprint density at radius 2 is 1.68 bits per heavy atom. The first kappa shape index (κ1) is 15.1. The Morgan fingerprint density at radius 3 is 2.32 bits per heavy atom. The molecule has 0 unspecified atom stereocenters. The van der Waals surface area contributed by atoms with Gasteiger partial charge in [0.1, 0.15) is 5.69 Å². The normalized spacial score (nSPS) is 11.7. The Morgan fingerprint density at radius 1 is 1.00 bits per heavy atom. The third-order valence-electron chi connectivity index (χ3n) is 3.21. The van der Waals surface area contributed by atoms with Gasteiger partial charge in [0.15, 0.2) is 0 Å². The first-order valence-electron chi connectivity index (χ1n) is 6.23. The first-order valence-corrected chi connectivity index (χ1v) is 8.42. The minimum atomic E-state index is -3.96. The molecule has 3 rings (SSSR count). The molecule has 7 heteroatoms. The zero-order valence-electron chi connectivity index (χ0n) is 11.0. The second kappa shape index (κ2) is 5.43. The molecule has 0 aliphatic heterocycles. The van der Waals surface area contributed by atoms with Crippen LogP contribution in [0.4, 0.5) is 0 Å². The number of benzene rings is 2.